The lowest BCUT2D eigenvalue weighted by atomic mass is 9.95. The molecular formula is C22H22N2O5. The predicted molar refractivity (Wildman–Crippen MR) is 109 cm³/mol. The Bertz CT molecular complexity index is 1040. The Hall–Kier alpha value is -3.61. The number of H-pyrrole nitrogens is 1. The van der Waals surface area contributed by atoms with Crippen molar-refractivity contribution < 1.29 is 23.7 Å². The van der Waals surface area contributed by atoms with Crippen molar-refractivity contribution in [3.05, 3.63) is 48.3 Å². The molecule has 29 heavy (non-hydrogen) atoms. The van der Waals surface area contributed by atoms with Crippen molar-refractivity contribution in [3.63, 3.8) is 0 Å². The third kappa shape index (κ3) is 3.14. The number of carbonyl (C=O) groups is 1. The number of aromatic nitrogens is 1. The number of ether oxygens (including phenoxy) is 4. The van der Waals surface area contributed by atoms with Crippen LogP contribution >= 0.6 is 0 Å². The molecule has 1 aliphatic heterocycles. The molecule has 0 saturated heterocycles. The molecule has 0 spiro atoms. The molecule has 3 aromatic rings. The van der Waals surface area contributed by atoms with E-state index in [1.165, 1.54) is 0 Å². The molecule has 0 fully saturated rings. The zero-order valence-corrected chi connectivity index (χ0v) is 16.5. The zero-order chi connectivity index (χ0) is 20.4. The number of hydrogen-bond donors (Lipinski definition) is 2. The third-order valence-electron chi connectivity index (χ3n) is 4.79. The first kappa shape index (κ1) is 18.7. The fraction of sp³-hybridized carbons (Fsp3) is 0.227. The molecule has 4 rings (SSSR count). The Kier molecular flexibility index (Phi) is 5.03. The summed E-state index contributed by atoms with van der Waals surface area (Å²) in [5.41, 5.74) is 3.65. The van der Waals surface area contributed by atoms with Crippen LogP contribution in [0.3, 0.4) is 0 Å². The van der Waals surface area contributed by atoms with Gasteiger partial charge in [-0.3, -0.25) is 4.79 Å². The maximum atomic E-state index is 12.8. The molecule has 0 saturated carbocycles. The molecular weight excluding hydrogens is 372 g/mol. The molecule has 0 bridgehead atoms. The molecule has 2 aromatic carbocycles. The van der Waals surface area contributed by atoms with Crippen LogP contribution in [0.1, 0.15) is 17.4 Å². The second-order valence-electron chi connectivity index (χ2n) is 6.40. The van der Waals surface area contributed by atoms with Crippen molar-refractivity contribution >= 4 is 5.91 Å². The number of fused-ring (bicyclic) bond motifs is 1. The lowest BCUT2D eigenvalue weighted by Gasteiger charge is -2.16. The van der Waals surface area contributed by atoms with Gasteiger partial charge in [-0.05, 0) is 18.6 Å². The monoisotopic (exact) mass is 394 g/mol. The number of nitrogens with one attached hydrogen (secondary N) is 2. The Labute approximate surface area is 168 Å². The second kappa shape index (κ2) is 7.79. The van der Waals surface area contributed by atoms with E-state index in [9.17, 15) is 4.79 Å². The molecule has 0 aliphatic carbocycles. The number of amides is 1. The van der Waals surface area contributed by atoms with Crippen LogP contribution in [0, 0.1) is 0 Å². The van der Waals surface area contributed by atoms with Crippen LogP contribution in [-0.2, 0) is 0 Å². The van der Waals surface area contributed by atoms with E-state index in [1.807, 2.05) is 49.5 Å². The molecule has 1 aromatic heterocycles. The van der Waals surface area contributed by atoms with Gasteiger partial charge >= 0.3 is 0 Å². The first-order chi connectivity index (χ1) is 14.2. The zero-order valence-electron chi connectivity index (χ0n) is 16.5. The van der Waals surface area contributed by atoms with Gasteiger partial charge in [-0.1, -0.05) is 30.3 Å². The van der Waals surface area contributed by atoms with Gasteiger partial charge in [-0.25, -0.2) is 0 Å². The molecule has 0 atom stereocenters. The van der Waals surface area contributed by atoms with Crippen molar-refractivity contribution in [2.75, 3.05) is 27.6 Å². The van der Waals surface area contributed by atoms with Gasteiger partial charge in [0.2, 0.25) is 18.3 Å². The summed E-state index contributed by atoms with van der Waals surface area (Å²) in [7, 11) is 3.13. The molecule has 2 N–H and O–H groups in total. The summed E-state index contributed by atoms with van der Waals surface area (Å²) in [6.45, 7) is 2.47. The van der Waals surface area contributed by atoms with E-state index in [1.54, 1.807) is 14.2 Å². The summed E-state index contributed by atoms with van der Waals surface area (Å²) >= 11 is 0. The maximum absolute atomic E-state index is 12.8. The van der Waals surface area contributed by atoms with Gasteiger partial charge in [0.15, 0.2) is 11.5 Å². The van der Waals surface area contributed by atoms with E-state index < -0.39 is 0 Å². The summed E-state index contributed by atoms with van der Waals surface area (Å²) in [6, 6.07) is 11.6. The second-order valence-corrected chi connectivity index (χ2v) is 6.40. The Balaban J connectivity index is 2.01. The SMILES string of the molecule is CCNC(=O)c1[nH]cc(-c2ccccc2)c1-c1cc(OC)c2c(c1OC)OCO2. The first-order valence-corrected chi connectivity index (χ1v) is 9.29. The quantitative estimate of drug-likeness (QED) is 0.664. The van der Waals surface area contributed by atoms with Gasteiger partial charge in [0.1, 0.15) is 5.69 Å². The molecule has 1 aliphatic rings. The summed E-state index contributed by atoms with van der Waals surface area (Å²) < 4.78 is 22.4. The van der Waals surface area contributed by atoms with Crippen LogP contribution in [0.2, 0.25) is 0 Å². The minimum absolute atomic E-state index is 0.0767. The largest absolute Gasteiger partial charge is 0.493 e. The van der Waals surface area contributed by atoms with Gasteiger partial charge in [0, 0.05) is 29.4 Å². The van der Waals surface area contributed by atoms with Crippen LogP contribution in [-0.4, -0.2) is 38.4 Å². The summed E-state index contributed by atoms with van der Waals surface area (Å²) in [5, 5.41) is 2.86. The van der Waals surface area contributed by atoms with Gasteiger partial charge < -0.3 is 29.2 Å². The molecule has 0 radical (unpaired) electrons. The Morgan fingerprint density at radius 2 is 1.86 bits per heavy atom. The normalized spacial score (nSPS) is 12.0. The number of rotatable bonds is 6. The smallest absolute Gasteiger partial charge is 0.268 e. The molecule has 0 unspecified atom stereocenters. The number of benzene rings is 2. The summed E-state index contributed by atoms with van der Waals surface area (Å²) in [4.78, 5) is 15.9. The molecule has 150 valence electrons. The van der Waals surface area contributed by atoms with Gasteiger partial charge in [-0.15, -0.1) is 0 Å². The lowest BCUT2D eigenvalue weighted by molar-refractivity contribution is 0.0952. The van der Waals surface area contributed by atoms with E-state index in [-0.39, 0.29) is 12.7 Å². The summed E-state index contributed by atoms with van der Waals surface area (Å²) in [5.74, 6) is 1.74. The van der Waals surface area contributed by atoms with E-state index in [2.05, 4.69) is 10.3 Å². The fourth-order valence-electron chi connectivity index (χ4n) is 3.53. The van der Waals surface area contributed by atoms with Crippen LogP contribution < -0.4 is 24.3 Å². The molecule has 1 amide bonds. The van der Waals surface area contributed by atoms with Crippen LogP contribution in [0.25, 0.3) is 22.3 Å². The Morgan fingerprint density at radius 3 is 2.55 bits per heavy atom. The lowest BCUT2D eigenvalue weighted by Crippen LogP contribution is -2.23. The molecule has 7 heteroatoms. The van der Waals surface area contributed by atoms with E-state index in [0.717, 1.165) is 11.1 Å². The fourth-order valence-corrected chi connectivity index (χ4v) is 3.53. The molecule has 7 nitrogen and oxygen atoms in total. The average molecular weight is 394 g/mol. The van der Waals surface area contributed by atoms with Gasteiger partial charge in [0.05, 0.1) is 14.2 Å². The first-order valence-electron chi connectivity index (χ1n) is 9.29. The van der Waals surface area contributed by atoms with Crippen molar-refractivity contribution in [3.8, 4) is 45.3 Å². The van der Waals surface area contributed by atoms with Crippen LogP contribution in [0.15, 0.2) is 42.6 Å². The van der Waals surface area contributed by atoms with Crippen LogP contribution in [0.4, 0.5) is 0 Å². The van der Waals surface area contributed by atoms with E-state index >= 15 is 0 Å². The highest BCUT2D eigenvalue weighted by Gasteiger charge is 2.31. The predicted octanol–water partition coefficient (Wildman–Crippen LogP) is 3.84. The molecule has 2 heterocycles. The third-order valence-corrected chi connectivity index (χ3v) is 4.79. The number of carbonyl (C=O) groups excluding carboxylic acids is 1. The highest BCUT2D eigenvalue weighted by atomic mass is 16.7. The highest BCUT2D eigenvalue weighted by Crippen LogP contribution is 2.54. The van der Waals surface area contributed by atoms with E-state index in [4.69, 9.17) is 18.9 Å². The van der Waals surface area contributed by atoms with Gasteiger partial charge in [-0.2, -0.15) is 0 Å². The minimum atomic E-state index is -0.205. The minimum Gasteiger partial charge on any atom is -0.493 e. The van der Waals surface area contributed by atoms with Gasteiger partial charge in [0.25, 0.3) is 5.91 Å². The number of methoxy groups -OCH3 is 2. The topological polar surface area (TPSA) is 81.8 Å². The van der Waals surface area contributed by atoms with Crippen molar-refractivity contribution in [1.82, 2.24) is 10.3 Å². The highest BCUT2D eigenvalue weighted by molar-refractivity contribution is 6.05. The Morgan fingerprint density at radius 1 is 1.10 bits per heavy atom. The van der Waals surface area contributed by atoms with Crippen molar-refractivity contribution in [1.29, 1.82) is 0 Å². The van der Waals surface area contributed by atoms with Crippen molar-refractivity contribution in [2.24, 2.45) is 0 Å². The summed E-state index contributed by atoms with van der Waals surface area (Å²) in [6.07, 6.45) is 1.83. The average Bonchev–Trinajstić information content (AvgIpc) is 3.41. The van der Waals surface area contributed by atoms with E-state index in [0.29, 0.717) is 46.4 Å². The standard InChI is InChI=1S/C22H22N2O5/c1-4-23-22(25)18-17(15(11-24-18)13-8-6-5-7-9-13)14-10-16(26-2)20-21(19(14)27-3)29-12-28-20/h5-11,24H,4,12H2,1-3H3,(H,23,25). The number of aromatic amines is 1. The maximum Gasteiger partial charge on any atom is 0.268 e. The van der Waals surface area contributed by atoms with Crippen LogP contribution in [0.5, 0.6) is 23.0 Å². The number of hydrogen-bond acceptors (Lipinski definition) is 5. The van der Waals surface area contributed by atoms with Crippen molar-refractivity contribution in [2.45, 2.75) is 6.92 Å².